The van der Waals surface area contributed by atoms with E-state index < -0.39 is 6.10 Å². The Morgan fingerprint density at radius 1 is 1.14 bits per heavy atom. The van der Waals surface area contributed by atoms with E-state index in [-0.39, 0.29) is 55.1 Å². The molecule has 1 aromatic carbocycles. The van der Waals surface area contributed by atoms with Crippen LogP contribution in [0.3, 0.4) is 0 Å². The zero-order chi connectivity index (χ0) is 24.1. The summed E-state index contributed by atoms with van der Waals surface area (Å²) >= 11 is 0. The van der Waals surface area contributed by atoms with Crippen LogP contribution < -0.4 is 20.3 Å². The van der Waals surface area contributed by atoms with Crippen LogP contribution in [0.2, 0.25) is 0 Å². The first-order valence-electron chi connectivity index (χ1n) is 11.9. The Kier molecular flexibility index (Phi) is 11.2. The number of hydrogen-bond acceptors (Lipinski definition) is 7. The predicted molar refractivity (Wildman–Crippen MR) is 143 cm³/mol. The molecule has 36 heavy (non-hydrogen) atoms. The fraction of sp³-hybridized carbons (Fsp3) is 0.480. The summed E-state index contributed by atoms with van der Waals surface area (Å²) in [5.74, 6) is 0.725. The van der Waals surface area contributed by atoms with Crippen LogP contribution in [0, 0.1) is 0 Å². The Morgan fingerprint density at radius 3 is 2.50 bits per heavy atom. The van der Waals surface area contributed by atoms with Crippen LogP contribution in [-0.4, -0.2) is 78.3 Å². The molecular weight excluding hydrogens is 505 g/mol. The Hall–Kier alpha value is -2.59. The van der Waals surface area contributed by atoms with E-state index in [1.807, 2.05) is 24.0 Å². The molecular formula is C25H35Cl2N5O4. The van der Waals surface area contributed by atoms with Gasteiger partial charge in [0.15, 0.2) is 0 Å². The summed E-state index contributed by atoms with van der Waals surface area (Å²) < 4.78 is 5.67. The zero-order valence-corrected chi connectivity index (χ0v) is 22.2. The molecule has 2 amide bonds. The standard InChI is InChI=1S/C25H33N5O4.2ClH/c1-3-34-25-20(8-9-23(28-25)30-12-10-29(11-13-30)17(2)31)24(33)27-16-22(32)21-14-18-6-4-5-7-19(18)15-26-21;;/h4-9,21-22,26,32H,3,10-16H2,1-2H3,(H,27,33);2*1H/t21-,22+;;/m0../s1. The van der Waals surface area contributed by atoms with Gasteiger partial charge in [0.2, 0.25) is 11.8 Å². The van der Waals surface area contributed by atoms with Crippen molar-refractivity contribution in [3.63, 3.8) is 0 Å². The number of rotatable bonds is 7. The van der Waals surface area contributed by atoms with E-state index >= 15 is 0 Å². The van der Waals surface area contributed by atoms with Crippen molar-refractivity contribution in [3.05, 3.63) is 53.1 Å². The Morgan fingerprint density at radius 2 is 1.83 bits per heavy atom. The minimum Gasteiger partial charge on any atom is -0.477 e. The van der Waals surface area contributed by atoms with Crippen molar-refractivity contribution in [1.82, 2.24) is 20.5 Å². The fourth-order valence-electron chi connectivity index (χ4n) is 4.46. The smallest absolute Gasteiger partial charge is 0.256 e. The lowest BCUT2D eigenvalue weighted by molar-refractivity contribution is -0.129. The molecule has 0 unspecified atom stereocenters. The van der Waals surface area contributed by atoms with Gasteiger partial charge < -0.3 is 30.3 Å². The second-order valence-corrected chi connectivity index (χ2v) is 8.69. The molecule has 0 saturated carbocycles. The first-order chi connectivity index (χ1) is 16.5. The summed E-state index contributed by atoms with van der Waals surface area (Å²) in [5.41, 5.74) is 2.80. The van der Waals surface area contributed by atoms with Crippen LogP contribution in [0.4, 0.5) is 5.82 Å². The number of nitrogens with one attached hydrogen (secondary N) is 2. The van der Waals surface area contributed by atoms with Crippen molar-refractivity contribution in [1.29, 1.82) is 0 Å². The van der Waals surface area contributed by atoms with Gasteiger partial charge in [0.25, 0.3) is 5.91 Å². The molecule has 2 atom stereocenters. The first-order valence-corrected chi connectivity index (χ1v) is 11.9. The molecule has 2 aromatic rings. The number of aliphatic hydroxyl groups excluding tert-OH is 1. The number of carbonyl (C=O) groups excluding carboxylic acids is 2. The quantitative estimate of drug-likeness (QED) is 0.492. The number of hydrogen-bond donors (Lipinski definition) is 3. The maximum atomic E-state index is 12.9. The maximum Gasteiger partial charge on any atom is 0.256 e. The number of aliphatic hydroxyl groups is 1. The zero-order valence-electron chi connectivity index (χ0n) is 20.6. The van der Waals surface area contributed by atoms with Gasteiger partial charge in [0.1, 0.15) is 11.4 Å². The average molecular weight is 540 g/mol. The number of amides is 2. The van der Waals surface area contributed by atoms with Gasteiger partial charge in [-0.15, -0.1) is 24.8 Å². The summed E-state index contributed by atoms with van der Waals surface area (Å²) in [6.45, 7) is 7.25. The molecule has 0 aliphatic carbocycles. The summed E-state index contributed by atoms with van der Waals surface area (Å²) in [7, 11) is 0. The van der Waals surface area contributed by atoms with E-state index in [2.05, 4.69) is 32.7 Å². The monoisotopic (exact) mass is 539 g/mol. The first kappa shape index (κ1) is 29.6. The van der Waals surface area contributed by atoms with Crippen LogP contribution in [-0.2, 0) is 17.8 Å². The molecule has 1 aromatic heterocycles. The molecule has 3 N–H and O–H groups in total. The number of aromatic nitrogens is 1. The lowest BCUT2D eigenvalue weighted by atomic mass is 9.93. The van der Waals surface area contributed by atoms with Gasteiger partial charge in [0, 0.05) is 52.2 Å². The minimum absolute atomic E-state index is 0. The Bertz CT molecular complexity index is 1030. The van der Waals surface area contributed by atoms with Gasteiger partial charge in [-0.05, 0) is 36.6 Å². The van der Waals surface area contributed by atoms with Crippen LogP contribution >= 0.6 is 24.8 Å². The number of carbonyl (C=O) groups is 2. The second-order valence-electron chi connectivity index (χ2n) is 8.69. The Labute approximate surface area is 224 Å². The van der Waals surface area contributed by atoms with Crippen molar-refractivity contribution >= 4 is 42.4 Å². The number of benzene rings is 1. The van der Waals surface area contributed by atoms with E-state index in [4.69, 9.17) is 4.74 Å². The second kappa shape index (κ2) is 13.6. The number of nitrogens with zero attached hydrogens (tertiary/aromatic N) is 3. The molecule has 2 aliphatic rings. The number of pyridine rings is 1. The van der Waals surface area contributed by atoms with E-state index in [0.717, 1.165) is 0 Å². The highest BCUT2D eigenvalue weighted by molar-refractivity contribution is 5.96. The molecule has 4 rings (SSSR count). The molecule has 11 heteroatoms. The molecule has 9 nitrogen and oxygen atoms in total. The van der Waals surface area contributed by atoms with Crippen LogP contribution in [0.15, 0.2) is 36.4 Å². The lowest BCUT2D eigenvalue weighted by Gasteiger charge is -2.35. The summed E-state index contributed by atoms with van der Waals surface area (Å²) in [6.07, 6.45) is -0.0115. The molecule has 0 bridgehead atoms. The van der Waals surface area contributed by atoms with Crippen LogP contribution in [0.25, 0.3) is 0 Å². The van der Waals surface area contributed by atoms with E-state index in [0.29, 0.717) is 57.1 Å². The van der Waals surface area contributed by atoms with Gasteiger partial charge in [-0.2, -0.15) is 4.98 Å². The van der Waals surface area contributed by atoms with Crippen LogP contribution in [0.5, 0.6) is 5.88 Å². The largest absolute Gasteiger partial charge is 0.477 e. The number of fused-ring (bicyclic) bond motifs is 1. The number of piperazine rings is 1. The maximum absolute atomic E-state index is 12.9. The molecule has 1 fully saturated rings. The summed E-state index contributed by atoms with van der Waals surface area (Å²) in [4.78, 5) is 33.0. The van der Waals surface area contributed by atoms with E-state index in [9.17, 15) is 14.7 Å². The highest BCUT2D eigenvalue weighted by Crippen LogP contribution is 2.23. The summed E-state index contributed by atoms with van der Waals surface area (Å²) in [5, 5.41) is 16.9. The van der Waals surface area contributed by atoms with Gasteiger partial charge in [0.05, 0.1) is 12.7 Å². The van der Waals surface area contributed by atoms with Gasteiger partial charge in [-0.1, -0.05) is 24.3 Å². The predicted octanol–water partition coefficient (Wildman–Crippen LogP) is 1.80. The average Bonchev–Trinajstić information content (AvgIpc) is 2.87. The molecule has 0 spiro atoms. The third-order valence-electron chi connectivity index (χ3n) is 6.47. The van der Waals surface area contributed by atoms with Crippen molar-refractivity contribution in [2.24, 2.45) is 0 Å². The topological polar surface area (TPSA) is 107 Å². The minimum atomic E-state index is -0.724. The number of anilines is 1. The SMILES string of the molecule is CCOc1nc(N2CCN(C(C)=O)CC2)ccc1C(=O)NC[C@@H](O)[C@@H]1Cc2ccccc2CN1.Cl.Cl. The van der Waals surface area contributed by atoms with Crippen molar-refractivity contribution < 1.29 is 19.4 Å². The number of halogens is 2. The third kappa shape index (κ3) is 7.00. The molecule has 1 saturated heterocycles. The molecule has 0 radical (unpaired) electrons. The van der Waals surface area contributed by atoms with Crippen molar-refractivity contribution in [2.45, 2.75) is 39.0 Å². The molecule has 198 valence electrons. The molecule has 2 aliphatic heterocycles. The normalized spacial score (nSPS) is 17.7. The van der Waals surface area contributed by atoms with Crippen LogP contribution in [0.1, 0.15) is 35.3 Å². The highest BCUT2D eigenvalue weighted by atomic mass is 35.5. The molecule has 3 heterocycles. The van der Waals surface area contributed by atoms with Gasteiger partial charge in [-0.3, -0.25) is 9.59 Å². The van der Waals surface area contributed by atoms with Crippen molar-refractivity contribution in [3.8, 4) is 5.88 Å². The van der Waals surface area contributed by atoms with Gasteiger partial charge >= 0.3 is 0 Å². The third-order valence-corrected chi connectivity index (χ3v) is 6.47. The lowest BCUT2D eigenvalue weighted by Crippen LogP contribution is -2.49. The number of ether oxygens (including phenoxy) is 1. The summed E-state index contributed by atoms with van der Waals surface area (Å²) in [6, 6.07) is 11.6. The van der Waals surface area contributed by atoms with E-state index in [1.54, 1.807) is 19.1 Å². The van der Waals surface area contributed by atoms with Crippen molar-refractivity contribution in [2.75, 3.05) is 44.2 Å². The fourth-order valence-corrected chi connectivity index (χ4v) is 4.46. The van der Waals surface area contributed by atoms with E-state index in [1.165, 1.54) is 11.1 Å². The highest BCUT2D eigenvalue weighted by Gasteiger charge is 2.26. The Balaban J connectivity index is 0.00000228. The van der Waals surface area contributed by atoms with Gasteiger partial charge in [-0.25, -0.2) is 0 Å².